The predicted molar refractivity (Wildman–Crippen MR) is 113 cm³/mol. The Morgan fingerprint density at radius 3 is 2.44 bits per heavy atom. The van der Waals surface area contributed by atoms with Gasteiger partial charge in [-0.05, 0) is 43.3 Å². The van der Waals surface area contributed by atoms with Crippen LogP contribution < -0.4 is 16.0 Å². The third-order valence-corrected chi connectivity index (χ3v) is 5.19. The number of rotatable bonds is 4. The topological polar surface area (TPSA) is 83.1 Å². The van der Waals surface area contributed by atoms with Crippen LogP contribution in [-0.2, 0) is 0 Å². The highest BCUT2D eigenvalue weighted by Crippen LogP contribution is 2.25. The zero-order valence-electron chi connectivity index (χ0n) is 14.0. The van der Waals surface area contributed by atoms with Gasteiger partial charge in [-0.1, -0.05) is 51.0 Å². The first-order valence-electron chi connectivity index (χ1n) is 7.78. The smallest absolute Gasteiger partial charge is 0.321 e. The van der Waals surface area contributed by atoms with Crippen LogP contribution in [0.2, 0.25) is 5.02 Å². The van der Waals surface area contributed by atoms with E-state index in [1.165, 1.54) is 0 Å². The van der Waals surface area contributed by atoms with Gasteiger partial charge in [-0.3, -0.25) is 10.1 Å². The van der Waals surface area contributed by atoms with Crippen molar-refractivity contribution in [3.05, 3.63) is 68.6 Å². The third-order valence-electron chi connectivity index (χ3n) is 3.39. The van der Waals surface area contributed by atoms with Gasteiger partial charge in [0.2, 0.25) is 0 Å². The summed E-state index contributed by atoms with van der Waals surface area (Å²) in [6.07, 6.45) is 0. The fraction of sp³-hybridized carbons (Fsp3) is 0.0556. The number of carbonyl (C=O) groups is 2. The number of aromatic nitrogens is 1. The van der Waals surface area contributed by atoms with Crippen molar-refractivity contribution in [1.82, 2.24) is 4.98 Å². The van der Waals surface area contributed by atoms with Crippen molar-refractivity contribution in [3.8, 4) is 0 Å². The molecule has 138 valence electrons. The summed E-state index contributed by atoms with van der Waals surface area (Å²) in [4.78, 5) is 29.2. The van der Waals surface area contributed by atoms with Crippen LogP contribution in [0.5, 0.6) is 0 Å². The summed E-state index contributed by atoms with van der Waals surface area (Å²) in [6.45, 7) is 1.71. The van der Waals surface area contributed by atoms with Crippen molar-refractivity contribution in [1.29, 1.82) is 0 Å². The second-order valence-corrected chi connectivity index (χ2v) is 7.84. The minimum absolute atomic E-state index is 0.286. The molecule has 3 aromatic rings. The standard InChI is InChI=1S/C18H14BrClN4O2S/c1-10-15(16(25)22-13-6-2-4-11(19)8-13)27-18(21-10)24-17(26)23-14-7-3-5-12(20)9-14/h2-9H,1H3,(H,22,25)(H2,21,23,24,26). The van der Waals surface area contributed by atoms with E-state index in [1.807, 2.05) is 12.1 Å². The molecule has 0 aliphatic heterocycles. The van der Waals surface area contributed by atoms with Gasteiger partial charge in [0, 0.05) is 20.9 Å². The van der Waals surface area contributed by atoms with Crippen molar-refractivity contribution < 1.29 is 9.59 Å². The molecule has 0 bridgehead atoms. The van der Waals surface area contributed by atoms with Crippen LogP contribution in [-0.4, -0.2) is 16.9 Å². The minimum atomic E-state index is -0.468. The van der Waals surface area contributed by atoms with Gasteiger partial charge >= 0.3 is 6.03 Å². The van der Waals surface area contributed by atoms with E-state index in [2.05, 4.69) is 36.9 Å². The minimum Gasteiger partial charge on any atom is -0.321 e. The van der Waals surface area contributed by atoms with Gasteiger partial charge in [-0.2, -0.15) is 0 Å². The maximum atomic E-state index is 12.5. The number of nitrogens with zero attached hydrogens (tertiary/aromatic N) is 1. The molecule has 0 saturated carbocycles. The highest BCUT2D eigenvalue weighted by molar-refractivity contribution is 9.10. The molecule has 2 aromatic carbocycles. The molecule has 27 heavy (non-hydrogen) atoms. The van der Waals surface area contributed by atoms with Gasteiger partial charge in [0.25, 0.3) is 5.91 Å². The van der Waals surface area contributed by atoms with Crippen molar-refractivity contribution >= 4 is 67.3 Å². The van der Waals surface area contributed by atoms with Gasteiger partial charge in [0.15, 0.2) is 5.13 Å². The largest absolute Gasteiger partial charge is 0.325 e. The van der Waals surface area contributed by atoms with Gasteiger partial charge in [-0.25, -0.2) is 9.78 Å². The summed E-state index contributed by atoms with van der Waals surface area (Å²) in [7, 11) is 0. The summed E-state index contributed by atoms with van der Waals surface area (Å²) < 4.78 is 0.862. The van der Waals surface area contributed by atoms with Crippen molar-refractivity contribution in [2.45, 2.75) is 6.92 Å². The number of hydrogen-bond donors (Lipinski definition) is 3. The maximum absolute atomic E-state index is 12.5. The van der Waals surface area contributed by atoms with Crippen LogP contribution in [0.25, 0.3) is 0 Å². The molecule has 6 nitrogen and oxygen atoms in total. The Morgan fingerprint density at radius 1 is 1.04 bits per heavy atom. The van der Waals surface area contributed by atoms with E-state index in [0.29, 0.717) is 32.1 Å². The van der Waals surface area contributed by atoms with E-state index < -0.39 is 6.03 Å². The Bertz CT molecular complexity index is 1010. The molecule has 0 atom stereocenters. The molecule has 0 spiro atoms. The second-order valence-electron chi connectivity index (χ2n) is 5.49. The van der Waals surface area contributed by atoms with Crippen molar-refractivity contribution in [3.63, 3.8) is 0 Å². The first kappa shape index (κ1) is 19.3. The maximum Gasteiger partial charge on any atom is 0.325 e. The number of carbonyl (C=O) groups excluding carboxylic acids is 2. The molecule has 0 saturated heterocycles. The molecule has 9 heteroatoms. The Hall–Kier alpha value is -2.42. The summed E-state index contributed by atoms with van der Waals surface area (Å²) in [5, 5.41) is 8.94. The average molecular weight is 466 g/mol. The van der Waals surface area contributed by atoms with Crippen LogP contribution in [0.4, 0.5) is 21.3 Å². The fourth-order valence-electron chi connectivity index (χ4n) is 2.24. The summed E-state index contributed by atoms with van der Waals surface area (Å²) in [6, 6.07) is 13.6. The second kappa shape index (κ2) is 8.51. The number of hydrogen-bond acceptors (Lipinski definition) is 4. The Morgan fingerprint density at radius 2 is 1.74 bits per heavy atom. The molecule has 3 N–H and O–H groups in total. The third kappa shape index (κ3) is 5.29. The zero-order valence-corrected chi connectivity index (χ0v) is 17.2. The molecule has 1 aromatic heterocycles. The van der Waals surface area contributed by atoms with E-state index in [4.69, 9.17) is 11.6 Å². The zero-order chi connectivity index (χ0) is 19.4. The number of thiazole rings is 1. The highest BCUT2D eigenvalue weighted by atomic mass is 79.9. The van der Waals surface area contributed by atoms with E-state index in [-0.39, 0.29) is 5.91 Å². The van der Waals surface area contributed by atoms with Crippen LogP contribution in [0.1, 0.15) is 15.4 Å². The Kier molecular flexibility index (Phi) is 6.10. The first-order valence-corrected chi connectivity index (χ1v) is 9.77. The predicted octanol–water partition coefficient (Wildman–Crippen LogP) is 5.76. The van der Waals surface area contributed by atoms with Crippen LogP contribution in [0, 0.1) is 6.92 Å². The van der Waals surface area contributed by atoms with Crippen molar-refractivity contribution in [2.24, 2.45) is 0 Å². The van der Waals surface area contributed by atoms with Crippen LogP contribution in [0.3, 0.4) is 0 Å². The average Bonchev–Trinajstić information content (AvgIpc) is 2.95. The molecule has 0 aliphatic carbocycles. The Labute approximate surface area is 173 Å². The number of amides is 3. The number of halogens is 2. The van der Waals surface area contributed by atoms with E-state index in [9.17, 15) is 9.59 Å². The first-order chi connectivity index (χ1) is 12.9. The molecular formula is C18H14BrClN4O2S. The lowest BCUT2D eigenvalue weighted by atomic mass is 10.3. The molecule has 3 rings (SSSR count). The molecule has 1 heterocycles. The summed E-state index contributed by atoms with van der Waals surface area (Å²) in [5.74, 6) is -0.286. The molecule has 0 fully saturated rings. The molecular weight excluding hydrogens is 452 g/mol. The molecule has 0 aliphatic rings. The number of anilines is 3. The lowest BCUT2D eigenvalue weighted by Crippen LogP contribution is -2.19. The normalized spacial score (nSPS) is 10.3. The van der Waals surface area contributed by atoms with Gasteiger partial charge in [-0.15, -0.1) is 0 Å². The van der Waals surface area contributed by atoms with E-state index in [0.717, 1.165) is 15.8 Å². The lowest BCUT2D eigenvalue weighted by Gasteiger charge is -2.05. The molecule has 0 radical (unpaired) electrons. The van der Waals surface area contributed by atoms with Crippen LogP contribution >= 0.6 is 38.9 Å². The molecule has 0 unspecified atom stereocenters. The van der Waals surface area contributed by atoms with Gasteiger partial charge in [0.1, 0.15) is 4.88 Å². The quantitative estimate of drug-likeness (QED) is 0.458. The number of aryl methyl sites for hydroxylation is 1. The van der Waals surface area contributed by atoms with Gasteiger partial charge < -0.3 is 10.6 Å². The van der Waals surface area contributed by atoms with E-state index in [1.54, 1.807) is 43.3 Å². The molecule has 3 amide bonds. The monoisotopic (exact) mass is 464 g/mol. The number of nitrogens with one attached hydrogen (secondary N) is 3. The SMILES string of the molecule is Cc1nc(NC(=O)Nc2cccc(Cl)c2)sc1C(=O)Nc1cccc(Br)c1. The summed E-state index contributed by atoms with van der Waals surface area (Å²) >= 11 is 10.4. The van der Waals surface area contributed by atoms with Crippen molar-refractivity contribution in [2.75, 3.05) is 16.0 Å². The number of benzene rings is 2. The number of urea groups is 1. The lowest BCUT2D eigenvalue weighted by molar-refractivity contribution is 0.103. The highest BCUT2D eigenvalue weighted by Gasteiger charge is 2.17. The van der Waals surface area contributed by atoms with Crippen LogP contribution in [0.15, 0.2) is 53.0 Å². The Balaban J connectivity index is 1.66. The van der Waals surface area contributed by atoms with Gasteiger partial charge in [0.05, 0.1) is 5.69 Å². The summed E-state index contributed by atoms with van der Waals surface area (Å²) in [5.41, 5.74) is 1.75. The van der Waals surface area contributed by atoms with E-state index >= 15 is 0 Å². The fourth-order valence-corrected chi connectivity index (χ4v) is 3.69.